The van der Waals surface area contributed by atoms with Crippen molar-refractivity contribution in [3.8, 4) is 11.4 Å². The summed E-state index contributed by atoms with van der Waals surface area (Å²) in [4.78, 5) is 10.9. The smallest absolute Gasteiger partial charge is 0.287 e. The molecule has 0 N–H and O–H groups in total. The molecule has 31 heavy (non-hydrogen) atoms. The molecular formula is C20H15F3N4O3S. The van der Waals surface area contributed by atoms with Gasteiger partial charge in [0.2, 0.25) is 0 Å². The molecule has 0 radical (unpaired) electrons. The average Bonchev–Trinajstić information content (AvgIpc) is 3.15. The number of benzene rings is 2. The summed E-state index contributed by atoms with van der Waals surface area (Å²) < 4.78 is 43.3. The van der Waals surface area contributed by atoms with Gasteiger partial charge in [-0.2, -0.15) is 0 Å². The summed E-state index contributed by atoms with van der Waals surface area (Å²) in [6, 6.07) is 11.5. The van der Waals surface area contributed by atoms with E-state index in [0.717, 1.165) is 5.57 Å². The number of ether oxygens (including phenoxy) is 1. The van der Waals surface area contributed by atoms with Gasteiger partial charge in [0.05, 0.1) is 11.5 Å². The lowest BCUT2D eigenvalue weighted by atomic mass is 10.0. The molecule has 0 saturated heterocycles. The van der Waals surface area contributed by atoms with Gasteiger partial charge in [0, 0.05) is 29.1 Å². The number of nitro benzene ring substituents is 1. The maximum atomic E-state index is 12.5. The first-order chi connectivity index (χ1) is 14.7. The Morgan fingerprint density at radius 3 is 2.74 bits per heavy atom. The number of nitro groups is 1. The molecule has 11 heteroatoms. The topological polar surface area (TPSA) is 83.1 Å². The zero-order valence-corrected chi connectivity index (χ0v) is 16.9. The number of alkyl halides is 3. The van der Waals surface area contributed by atoms with Gasteiger partial charge in [-0.25, -0.2) is 0 Å². The van der Waals surface area contributed by atoms with Crippen molar-refractivity contribution in [3.05, 3.63) is 69.3 Å². The van der Waals surface area contributed by atoms with E-state index >= 15 is 0 Å². The molecule has 0 spiro atoms. The number of fused-ring (bicyclic) bond motifs is 1. The zero-order chi connectivity index (χ0) is 22.2. The predicted molar refractivity (Wildman–Crippen MR) is 109 cm³/mol. The van der Waals surface area contributed by atoms with Crippen LogP contribution in [0.4, 0.5) is 18.9 Å². The molecule has 0 fully saturated rings. The second-order valence-electron chi connectivity index (χ2n) is 6.77. The first kappa shape index (κ1) is 21.1. The fourth-order valence-electron chi connectivity index (χ4n) is 3.20. The maximum absolute atomic E-state index is 12.5. The van der Waals surface area contributed by atoms with E-state index in [4.69, 9.17) is 0 Å². The van der Waals surface area contributed by atoms with E-state index < -0.39 is 17.9 Å². The van der Waals surface area contributed by atoms with Gasteiger partial charge in [-0.3, -0.25) is 19.4 Å². The number of hydrogen-bond donors (Lipinski definition) is 0. The van der Waals surface area contributed by atoms with Crippen LogP contribution < -0.4 is 0 Å². The van der Waals surface area contributed by atoms with E-state index in [-0.39, 0.29) is 5.69 Å². The summed E-state index contributed by atoms with van der Waals surface area (Å²) in [5.74, 6) is 0.889. The van der Waals surface area contributed by atoms with E-state index in [1.54, 1.807) is 48.0 Å². The largest absolute Gasteiger partial charge is 0.522 e. The van der Waals surface area contributed by atoms with Crippen LogP contribution in [0.5, 0.6) is 0 Å². The van der Waals surface area contributed by atoms with E-state index in [9.17, 15) is 23.3 Å². The van der Waals surface area contributed by atoms with E-state index in [1.165, 1.54) is 23.9 Å². The molecule has 0 unspecified atom stereocenters. The number of halogens is 3. The molecule has 0 aliphatic carbocycles. The van der Waals surface area contributed by atoms with Crippen LogP contribution in [-0.4, -0.2) is 31.8 Å². The van der Waals surface area contributed by atoms with Crippen molar-refractivity contribution in [3.63, 3.8) is 0 Å². The summed E-state index contributed by atoms with van der Waals surface area (Å²) in [7, 11) is 0. The van der Waals surface area contributed by atoms with Crippen molar-refractivity contribution in [1.82, 2.24) is 14.8 Å². The zero-order valence-electron chi connectivity index (χ0n) is 16.1. The standard InChI is InChI=1S/C20H15F3N4O3S/c1-12-6-7-13(8-17(12)27(28)29)15-9-26-18(24-25-19(26)31-11-15)16-5-3-2-4-14(16)10-30-20(21,22)23/h2-9H,10-11H2,1H3. The average molecular weight is 448 g/mol. The van der Waals surface area contributed by atoms with Crippen LogP contribution in [0.3, 0.4) is 0 Å². The SMILES string of the molecule is Cc1ccc(C2=Cn3c(nnc3-c3ccccc3COC(F)(F)F)SC2)cc1[N+](=O)[O-]. The van der Waals surface area contributed by atoms with Crippen LogP contribution in [0, 0.1) is 17.0 Å². The second-order valence-corrected chi connectivity index (χ2v) is 7.71. The molecule has 0 saturated carbocycles. The molecule has 0 bridgehead atoms. The lowest BCUT2D eigenvalue weighted by Gasteiger charge is -2.17. The minimum Gasteiger partial charge on any atom is -0.287 e. The minimum atomic E-state index is -4.75. The summed E-state index contributed by atoms with van der Waals surface area (Å²) in [5, 5.41) is 20.2. The van der Waals surface area contributed by atoms with Crippen LogP contribution in [0.1, 0.15) is 16.7 Å². The molecular weight excluding hydrogens is 433 g/mol. The number of rotatable bonds is 5. The number of aromatic nitrogens is 3. The summed E-state index contributed by atoms with van der Waals surface area (Å²) in [6.07, 6.45) is -2.99. The summed E-state index contributed by atoms with van der Waals surface area (Å²) in [5.41, 5.74) is 2.84. The summed E-state index contributed by atoms with van der Waals surface area (Å²) >= 11 is 1.39. The van der Waals surface area contributed by atoms with Gasteiger partial charge in [0.25, 0.3) is 5.69 Å². The van der Waals surface area contributed by atoms with Gasteiger partial charge in [-0.15, -0.1) is 23.4 Å². The molecule has 7 nitrogen and oxygen atoms in total. The Morgan fingerprint density at radius 2 is 2.00 bits per heavy atom. The molecule has 0 atom stereocenters. The fourth-order valence-corrected chi connectivity index (χ4v) is 4.10. The van der Waals surface area contributed by atoms with Crippen LogP contribution in [0.25, 0.3) is 23.2 Å². The van der Waals surface area contributed by atoms with Crippen molar-refractivity contribution in [2.75, 3.05) is 5.75 Å². The van der Waals surface area contributed by atoms with E-state index in [0.29, 0.717) is 39.0 Å². The Morgan fingerprint density at radius 1 is 1.23 bits per heavy atom. The minimum absolute atomic E-state index is 0.0211. The molecule has 2 heterocycles. The van der Waals surface area contributed by atoms with Gasteiger partial charge in [-0.1, -0.05) is 48.2 Å². The third-order valence-electron chi connectivity index (χ3n) is 4.73. The number of hydrogen-bond acceptors (Lipinski definition) is 6. The number of nitrogens with zero attached hydrogens (tertiary/aromatic N) is 4. The molecule has 1 aliphatic rings. The predicted octanol–water partition coefficient (Wildman–Crippen LogP) is 5.30. The third-order valence-corrected chi connectivity index (χ3v) is 5.72. The molecule has 0 amide bonds. The Balaban J connectivity index is 1.74. The van der Waals surface area contributed by atoms with Crippen LogP contribution in [-0.2, 0) is 11.3 Å². The molecule has 4 rings (SSSR count). The molecule has 160 valence electrons. The Bertz CT molecular complexity index is 1190. The second kappa shape index (κ2) is 8.16. The Hall–Kier alpha value is -3.18. The Kier molecular flexibility index (Phi) is 5.54. The van der Waals surface area contributed by atoms with Crippen molar-refractivity contribution in [2.24, 2.45) is 0 Å². The Labute approximate surface area is 178 Å². The molecule has 1 aliphatic heterocycles. The highest BCUT2D eigenvalue weighted by Gasteiger charge is 2.30. The van der Waals surface area contributed by atoms with Gasteiger partial charge < -0.3 is 0 Å². The van der Waals surface area contributed by atoms with Gasteiger partial charge >= 0.3 is 6.36 Å². The molecule has 2 aromatic carbocycles. The first-order valence-electron chi connectivity index (χ1n) is 9.06. The third kappa shape index (κ3) is 4.47. The van der Waals surface area contributed by atoms with Crippen LogP contribution in [0.2, 0.25) is 0 Å². The lowest BCUT2D eigenvalue weighted by molar-refractivity contribution is -0.385. The first-order valence-corrected chi connectivity index (χ1v) is 10.0. The number of thioether (sulfide) groups is 1. The van der Waals surface area contributed by atoms with Gasteiger partial charge in [0.1, 0.15) is 0 Å². The van der Waals surface area contributed by atoms with E-state index in [1.807, 2.05) is 0 Å². The van der Waals surface area contributed by atoms with Gasteiger partial charge in [0.15, 0.2) is 11.0 Å². The van der Waals surface area contributed by atoms with Crippen molar-refractivity contribution >= 4 is 29.2 Å². The highest BCUT2D eigenvalue weighted by atomic mass is 32.2. The fraction of sp³-hybridized carbons (Fsp3) is 0.200. The van der Waals surface area contributed by atoms with Crippen LogP contribution in [0.15, 0.2) is 47.6 Å². The lowest BCUT2D eigenvalue weighted by Crippen LogP contribution is -2.13. The highest BCUT2D eigenvalue weighted by molar-refractivity contribution is 7.99. The molecule has 1 aromatic heterocycles. The van der Waals surface area contributed by atoms with Crippen molar-refractivity contribution in [2.45, 2.75) is 25.0 Å². The van der Waals surface area contributed by atoms with E-state index in [2.05, 4.69) is 14.9 Å². The highest BCUT2D eigenvalue weighted by Crippen LogP contribution is 2.36. The quantitative estimate of drug-likeness (QED) is 0.389. The molecule has 3 aromatic rings. The summed E-state index contributed by atoms with van der Waals surface area (Å²) in [6.45, 7) is 1.01. The monoisotopic (exact) mass is 448 g/mol. The normalized spacial score (nSPS) is 13.6. The van der Waals surface area contributed by atoms with Gasteiger partial charge in [-0.05, 0) is 23.6 Å². The maximum Gasteiger partial charge on any atom is 0.522 e. The number of aryl methyl sites for hydroxylation is 1. The van der Waals surface area contributed by atoms with Crippen molar-refractivity contribution in [1.29, 1.82) is 0 Å². The van der Waals surface area contributed by atoms with Crippen molar-refractivity contribution < 1.29 is 22.8 Å². The van der Waals surface area contributed by atoms with Crippen LogP contribution >= 0.6 is 11.8 Å².